The first-order chi connectivity index (χ1) is 9.90. The van der Waals surface area contributed by atoms with E-state index in [4.69, 9.17) is 10.2 Å². The summed E-state index contributed by atoms with van der Waals surface area (Å²) in [7, 11) is 0. The summed E-state index contributed by atoms with van der Waals surface area (Å²) < 4.78 is 0. The van der Waals surface area contributed by atoms with Crippen LogP contribution in [0.25, 0.3) is 0 Å². The molecule has 114 valence electrons. The third-order valence-corrected chi connectivity index (χ3v) is 4.51. The fraction of sp³-hybridized carbons (Fsp3) is 0.462. The lowest BCUT2D eigenvalue weighted by atomic mass is 10.0. The molecule has 3 N–H and O–H groups in total. The number of carboxylic acids is 2. The molecule has 2 heterocycles. The Hall–Kier alpha value is -2.09. The minimum absolute atomic E-state index is 0.153. The average molecular weight is 312 g/mol. The number of fused-ring (bicyclic) bond motifs is 1. The number of nitrogens with one attached hydrogen (secondary N) is 1. The summed E-state index contributed by atoms with van der Waals surface area (Å²) in [4.78, 5) is 36.6. The Balaban J connectivity index is 2.06. The molecule has 7 nitrogen and oxygen atoms in total. The van der Waals surface area contributed by atoms with Crippen LogP contribution >= 0.6 is 11.3 Å². The molecular formula is C13H16N2O5S. The fourth-order valence-corrected chi connectivity index (χ4v) is 3.36. The van der Waals surface area contributed by atoms with Crippen LogP contribution in [-0.2, 0) is 16.0 Å². The molecule has 0 fully saturated rings. The largest absolute Gasteiger partial charge is 0.481 e. The Morgan fingerprint density at radius 2 is 2.19 bits per heavy atom. The minimum atomic E-state index is -1.42. The van der Waals surface area contributed by atoms with Gasteiger partial charge in [0.25, 0.3) is 0 Å². The van der Waals surface area contributed by atoms with Crippen LogP contribution < -0.4 is 5.32 Å². The van der Waals surface area contributed by atoms with Crippen LogP contribution in [0, 0.1) is 0 Å². The van der Waals surface area contributed by atoms with Crippen LogP contribution in [0.2, 0.25) is 0 Å². The smallest absolute Gasteiger partial charge is 0.326 e. The molecule has 1 aromatic rings. The molecule has 1 aliphatic rings. The summed E-state index contributed by atoms with van der Waals surface area (Å²) in [5.74, 6) is -2.62. The molecule has 8 heteroatoms. The van der Waals surface area contributed by atoms with Gasteiger partial charge in [0.15, 0.2) is 0 Å². The van der Waals surface area contributed by atoms with Gasteiger partial charge in [0.2, 0.25) is 0 Å². The number of thiophene rings is 1. The normalized spacial score (nSPS) is 18.7. The number of amides is 2. The number of nitrogens with zero attached hydrogens (tertiary/aromatic N) is 1. The van der Waals surface area contributed by atoms with Crippen LogP contribution in [0.15, 0.2) is 11.4 Å². The maximum Gasteiger partial charge on any atom is 0.326 e. The molecule has 0 radical (unpaired) electrons. The van der Waals surface area contributed by atoms with E-state index in [1.165, 1.54) is 9.78 Å². The van der Waals surface area contributed by atoms with Crippen LogP contribution in [0.3, 0.4) is 0 Å². The highest BCUT2D eigenvalue weighted by molar-refractivity contribution is 7.10. The van der Waals surface area contributed by atoms with Crippen LogP contribution in [0.1, 0.15) is 29.8 Å². The number of rotatable bonds is 4. The van der Waals surface area contributed by atoms with Crippen molar-refractivity contribution in [1.29, 1.82) is 0 Å². The molecule has 2 atom stereocenters. The first-order valence-electron chi connectivity index (χ1n) is 6.48. The van der Waals surface area contributed by atoms with Gasteiger partial charge in [-0.2, -0.15) is 0 Å². The summed E-state index contributed by atoms with van der Waals surface area (Å²) in [6, 6.07) is -0.172. The van der Waals surface area contributed by atoms with Gasteiger partial charge in [-0.15, -0.1) is 11.3 Å². The zero-order valence-electron chi connectivity index (χ0n) is 11.4. The van der Waals surface area contributed by atoms with Gasteiger partial charge in [-0.3, -0.25) is 4.79 Å². The van der Waals surface area contributed by atoms with E-state index in [9.17, 15) is 14.4 Å². The lowest BCUT2D eigenvalue weighted by molar-refractivity contribution is -0.145. The van der Waals surface area contributed by atoms with Gasteiger partial charge in [-0.1, -0.05) is 0 Å². The number of urea groups is 1. The number of carboxylic acid groups (broad SMARTS) is 2. The van der Waals surface area contributed by atoms with Gasteiger partial charge in [0.05, 0.1) is 12.5 Å². The predicted molar refractivity (Wildman–Crippen MR) is 75.4 cm³/mol. The topological polar surface area (TPSA) is 107 Å². The SMILES string of the molecule is CC1c2ccsc2CCN1C(=O)N[C@H](CC(=O)O)C(=O)O. The van der Waals surface area contributed by atoms with Crippen molar-refractivity contribution in [2.24, 2.45) is 0 Å². The van der Waals surface area contributed by atoms with E-state index in [0.717, 1.165) is 12.0 Å². The lowest BCUT2D eigenvalue weighted by Gasteiger charge is -2.34. The molecule has 1 aliphatic heterocycles. The zero-order valence-corrected chi connectivity index (χ0v) is 12.2. The molecule has 2 amide bonds. The van der Waals surface area contributed by atoms with Crippen molar-refractivity contribution >= 4 is 29.3 Å². The van der Waals surface area contributed by atoms with Gasteiger partial charge < -0.3 is 20.4 Å². The van der Waals surface area contributed by atoms with Crippen molar-refractivity contribution in [2.45, 2.75) is 31.8 Å². The van der Waals surface area contributed by atoms with Crippen LogP contribution in [0.5, 0.6) is 0 Å². The Bertz CT molecular complexity index is 571. The maximum absolute atomic E-state index is 12.2. The first-order valence-corrected chi connectivity index (χ1v) is 7.36. The maximum atomic E-state index is 12.2. The van der Waals surface area contributed by atoms with Gasteiger partial charge in [0, 0.05) is 11.4 Å². The standard InChI is InChI=1S/C13H16N2O5S/c1-7-8-3-5-21-10(8)2-4-15(7)13(20)14-9(12(18)19)6-11(16)17/h3,5,7,9H,2,4,6H2,1H3,(H,14,20)(H,16,17)(H,18,19)/t7?,9-/m1/s1. The zero-order chi connectivity index (χ0) is 15.6. The summed E-state index contributed by atoms with van der Waals surface area (Å²) in [5, 5.41) is 21.9. The van der Waals surface area contributed by atoms with Crippen molar-refractivity contribution in [1.82, 2.24) is 10.2 Å². The molecule has 0 aliphatic carbocycles. The van der Waals surface area contributed by atoms with E-state index in [-0.39, 0.29) is 6.04 Å². The second kappa shape index (κ2) is 6.13. The van der Waals surface area contributed by atoms with E-state index in [2.05, 4.69) is 5.32 Å². The monoisotopic (exact) mass is 312 g/mol. The molecule has 1 aromatic heterocycles. The molecular weight excluding hydrogens is 296 g/mol. The lowest BCUT2D eigenvalue weighted by Crippen LogP contribution is -2.50. The molecule has 0 aromatic carbocycles. The Kier molecular flexibility index (Phi) is 4.46. The number of carbonyl (C=O) groups is 3. The van der Waals surface area contributed by atoms with E-state index in [1.54, 1.807) is 11.3 Å². The minimum Gasteiger partial charge on any atom is -0.481 e. The molecule has 0 spiro atoms. The van der Waals surface area contributed by atoms with Gasteiger partial charge >= 0.3 is 18.0 Å². The van der Waals surface area contributed by atoms with Crippen molar-refractivity contribution in [3.8, 4) is 0 Å². The third-order valence-electron chi connectivity index (χ3n) is 3.51. The van der Waals surface area contributed by atoms with E-state index in [1.807, 2.05) is 18.4 Å². The summed E-state index contributed by atoms with van der Waals surface area (Å²) in [5.41, 5.74) is 1.06. The number of hydrogen-bond acceptors (Lipinski definition) is 4. The van der Waals surface area contributed by atoms with E-state index < -0.39 is 30.4 Å². The van der Waals surface area contributed by atoms with Crippen LogP contribution in [0.4, 0.5) is 4.79 Å². The summed E-state index contributed by atoms with van der Waals surface area (Å²) in [6.45, 7) is 2.36. The molecule has 1 unspecified atom stereocenters. The number of carbonyl (C=O) groups excluding carboxylic acids is 1. The van der Waals surface area contributed by atoms with Gasteiger partial charge in [-0.25, -0.2) is 9.59 Å². The van der Waals surface area contributed by atoms with E-state index >= 15 is 0 Å². The quantitative estimate of drug-likeness (QED) is 0.777. The molecule has 21 heavy (non-hydrogen) atoms. The van der Waals surface area contributed by atoms with E-state index in [0.29, 0.717) is 6.54 Å². The van der Waals surface area contributed by atoms with Crippen LogP contribution in [-0.4, -0.2) is 45.7 Å². The molecule has 0 saturated carbocycles. The Morgan fingerprint density at radius 1 is 1.48 bits per heavy atom. The number of aliphatic carboxylic acids is 2. The molecule has 0 bridgehead atoms. The highest BCUT2D eigenvalue weighted by atomic mass is 32.1. The fourth-order valence-electron chi connectivity index (χ4n) is 2.39. The van der Waals surface area contributed by atoms with Crippen molar-refractivity contribution in [2.75, 3.05) is 6.54 Å². The van der Waals surface area contributed by atoms with Gasteiger partial charge in [0.1, 0.15) is 6.04 Å². The Labute approximate surface area is 125 Å². The second-order valence-electron chi connectivity index (χ2n) is 4.86. The average Bonchev–Trinajstić information content (AvgIpc) is 2.86. The van der Waals surface area contributed by atoms with Crippen molar-refractivity contribution in [3.63, 3.8) is 0 Å². The predicted octanol–water partition coefficient (Wildman–Crippen LogP) is 1.30. The summed E-state index contributed by atoms with van der Waals surface area (Å²) >= 11 is 1.64. The highest BCUT2D eigenvalue weighted by Crippen LogP contribution is 2.32. The molecule has 0 saturated heterocycles. The second-order valence-corrected chi connectivity index (χ2v) is 5.86. The van der Waals surface area contributed by atoms with Crippen molar-refractivity contribution < 1.29 is 24.6 Å². The first kappa shape index (κ1) is 15.3. The third kappa shape index (κ3) is 3.33. The molecule has 2 rings (SSSR count). The van der Waals surface area contributed by atoms with Crippen molar-refractivity contribution in [3.05, 3.63) is 21.9 Å². The number of hydrogen-bond donors (Lipinski definition) is 3. The highest BCUT2D eigenvalue weighted by Gasteiger charge is 2.31. The summed E-state index contributed by atoms with van der Waals surface area (Å²) in [6.07, 6.45) is 0.0778. The van der Waals surface area contributed by atoms with Gasteiger partial charge in [-0.05, 0) is 30.4 Å². The Morgan fingerprint density at radius 3 is 2.81 bits per heavy atom.